The number of alkyl halides is 3. The smallest absolute Gasteiger partial charge is 0.406 e. The summed E-state index contributed by atoms with van der Waals surface area (Å²) in [6.07, 6.45) is 1.69. The third-order valence-corrected chi connectivity index (χ3v) is 7.76. The molecule has 0 radical (unpaired) electrons. The second-order valence-corrected chi connectivity index (χ2v) is 11.5. The average molecular weight is 546 g/mol. The summed E-state index contributed by atoms with van der Waals surface area (Å²) in [4.78, 5) is 2.53. The van der Waals surface area contributed by atoms with E-state index < -0.39 is 23.5 Å². The Balaban J connectivity index is 1.61. The molecule has 2 aromatic carbocycles. The minimum atomic E-state index is -4.39. The summed E-state index contributed by atoms with van der Waals surface area (Å²) in [6, 6.07) is 12.7. The first kappa shape index (κ1) is 27.9. The van der Waals surface area contributed by atoms with Crippen LogP contribution in [0.5, 0.6) is 5.75 Å². The summed E-state index contributed by atoms with van der Waals surface area (Å²) in [5, 5.41) is 4.32. The Hall–Kier alpha value is -3.12. The number of halogens is 3. The molecule has 204 valence electrons. The Kier molecular flexibility index (Phi) is 8.61. The highest BCUT2D eigenvalue weighted by Gasteiger charge is 2.30. The second-order valence-electron chi connectivity index (χ2n) is 10.2. The van der Waals surface area contributed by atoms with Gasteiger partial charge in [-0.25, -0.2) is 0 Å². The molecule has 1 saturated carbocycles. The van der Waals surface area contributed by atoms with Crippen LogP contribution in [0, 0.1) is 17.8 Å². The standard InChI is InChI=1S/C29H34F3N3O2S/c1-20-8-5-9-21(16-20)33-25-11-6-12-26-24(25)17-22(35(26)19-29(30,31)32)10-7-15-37-28-14-13-23(38(4)36)18-27(28)34(2)3/h6,11-14,17-18,20-21,33H,5,8-9,15-16,19H2,1-4H3/t20-,21-,38?/m1/s1. The quantitative estimate of drug-likeness (QED) is 0.348. The molecule has 1 aliphatic rings. The van der Waals surface area contributed by atoms with E-state index in [0.29, 0.717) is 28.1 Å². The van der Waals surface area contributed by atoms with Gasteiger partial charge in [0.05, 0.1) is 16.9 Å². The van der Waals surface area contributed by atoms with E-state index >= 15 is 0 Å². The van der Waals surface area contributed by atoms with Crippen LogP contribution in [0.15, 0.2) is 47.4 Å². The number of hydrogen-bond acceptors (Lipinski definition) is 4. The third kappa shape index (κ3) is 6.84. The zero-order chi connectivity index (χ0) is 27.4. The first-order valence-electron chi connectivity index (χ1n) is 12.7. The molecular weight excluding hydrogens is 511 g/mol. The molecule has 1 aliphatic carbocycles. The Labute approximate surface area is 224 Å². The summed E-state index contributed by atoms with van der Waals surface area (Å²) in [5.41, 5.74) is 2.38. The van der Waals surface area contributed by atoms with Crippen molar-refractivity contribution in [1.29, 1.82) is 0 Å². The zero-order valence-electron chi connectivity index (χ0n) is 22.2. The maximum absolute atomic E-state index is 13.5. The van der Waals surface area contributed by atoms with Gasteiger partial charge in [0, 0.05) is 53.2 Å². The number of fused-ring (bicyclic) bond motifs is 1. The summed E-state index contributed by atoms with van der Waals surface area (Å²) < 4.78 is 59.5. The summed E-state index contributed by atoms with van der Waals surface area (Å²) in [5.74, 6) is 6.99. The lowest BCUT2D eigenvalue weighted by Gasteiger charge is -2.28. The molecule has 0 spiro atoms. The molecule has 1 aromatic heterocycles. The van der Waals surface area contributed by atoms with Gasteiger partial charge in [0.25, 0.3) is 0 Å². The van der Waals surface area contributed by atoms with Crippen molar-refractivity contribution in [2.75, 3.05) is 37.2 Å². The number of anilines is 2. The van der Waals surface area contributed by atoms with E-state index in [0.717, 1.165) is 36.0 Å². The number of ether oxygens (including phenoxy) is 1. The number of nitrogens with one attached hydrogen (secondary N) is 1. The zero-order valence-corrected chi connectivity index (χ0v) is 23.0. The largest absolute Gasteiger partial charge is 0.479 e. The molecule has 38 heavy (non-hydrogen) atoms. The molecule has 3 atom stereocenters. The number of rotatable bonds is 7. The van der Waals surface area contributed by atoms with Crippen LogP contribution < -0.4 is 15.0 Å². The fourth-order valence-electron chi connectivity index (χ4n) is 5.04. The number of hydrogen-bond donors (Lipinski definition) is 1. The SMILES string of the molecule is C[C@@H]1CCC[C@@H](Nc2cccc3c2cc(C#CCOc2ccc(S(C)=O)cc2N(C)C)n3CC(F)(F)F)C1. The van der Waals surface area contributed by atoms with Crippen LogP contribution in [0.3, 0.4) is 0 Å². The minimum absolute atomic E-state index is 0.00594. The minimum Gasteiger partial charge on any atom is -0.479 e. The van der Waals surface area contributed by atoms with E-state index in [-0.39, 0.29) is 12.3 Å². The average Bonchev–Trinajstić information content (AvgIpc) is 3.18. The highest BCUT2D eigenvalue weighted by Crippen LogP contribution is 2.33. The van der Waals surface area contributed by atoms with Crippen LogP contribution >= 0.6 is 0 Å². The van der Waals surface area contributed by atoms with Gasteiger partial charge in [-0.05, 0) is 61.1 Å². The van der Waals surface area contributed by atoms with Gasteiger partial charge in [-0.3, -0.25) is 4.21 Å². The Morgan fingerprint density at radius 2 is 1.97 bits per heavy atom. The highest BCUT2D eigenvalue weighted by molar-refractivity contribution is 7.84. The Morgan fingerprint density at radius 1 is 1.18 bits per heavy atom. The molecule has 0 bridgehead atoms. The van der Waals surface area contributed by atoms with Crippen molar-refractivity contribution >= 4 is 33.1 Å². The van der Waals surface area contributed by atoms with Crippen LogP contribution in [0.25, 0.3) is 10.9 Å². The lowest BCUT2D eigenvalue weighted by Crippen LogP contribution is -2.26. The van der Waals surface area contributed by atoms with Crippen LogP contribution in [0.2, 0.25) is 0 Å². The van der Waals surface area contributed by atoms with Gasteiger partial charge in [0.15, 0.2) is 0 Å². The normalized spacial score (nSPS) is 18.5. The van der Waals surface area contributed by atoms with Gasteiger partial charge >= 0.3 is 6.18 Å². The van der Waals surface area contributed by atoms with Gasteiger partial charge in [0.1, 0.15) is 18.9 Å². The topological polar surface area (TPSA) is 46.5 Å². The van der Waals surface area contributed by atoms with Crippen molar-refractivity contribution in [2.24, 2.45) is 5.92 Å². The lowest BCUT2D eigenvalue weighted by atomic mass is 9.87. The Bertz CT molecular complexity index is 1370. The van der Waals surface area contributed by atoms with E-state index in [1.807, 2.05) is 25.1 Å². The molecule has 5 nitrogen and oxygen atoms in total. The monoisotopic (exact) mass is 545 g/mol. The molecule has 9 heteroatoms. The number of benzene rings is 2. The van der Waals surface area contributed by atoms with Crippen molar-refractivity contribution in [3.05, 3.63) is 48.2 Å². The molecular formula is C29H34F3N3O2S. The van der Waals surface area contributed by atoms with Gasteiger partial charge in [-0.1, -0.05) is 31.8 Å². The van der Waals surface area contributed by atoms with Gasteiger partial charge in [-0.2, -0.15) is 13.2 Å². The van der Waals surface area contributed by atoms with E-state index in [9.17, 15) is 17.4 Å². The Morgan fingerprint density at radius 3 is 2.66 bits per heavy atom. The predicted molar refractivity (Wildman–Crippen MR) is 149 cm³/mol. The van der Waals surface area contributed by atoms with Crippen molar-refractivity contribution < 1.29 is 22.1 Å². The first-order chi connectivity index (χ1) is 18.0. The molecule has 1 N–H and O–H groups in total. The third-order valence-electron chi connectivity index (χ3n) is 6.84. The van der Waals surface area contributed by atoms with E-state index in [2.05, 4.69) is 24.1 Å². The lowest BCUT2D eigenvalue weighted by molar-refractivity contribution is -0.140. The molecule has 1 fully saturated rings. The van der Waals surface area contributed by atoms with Crippen molar-refractivity contribution in [1.82, 2.24) is 4.57 Å². The van der Waals surface area contributed by atoms with Crippen LogP contribution in [0.1, 0.15) is 38.3 Å². The molecule has 1 unspecified atom stereocenters. The van der Waals surface area contributed by atoms with Crippen LogP contribution in [-0.2, 0) is 17.3 Å². The van der Waals surface area contributed by atoms with Crippen molar-refractivity contribution in [3.8, 4) is 17.6 Å². The first-order valence-corrected chi connectivity index (χ1v) is 14.3. The van der Waals surface area contributed by atoms with Crippen LogP contribution in [-0.4, -0.2) is 48.0 Å². The molecule has 0 amide bonds. The van der Waals surface area contributed by atoms with Crippen molar-refractivity contribution in [2.45, 2.75) is 56.3 Å². The van der Waals surface area contributed by atoms with Gasteiger partial charge in [-0.15, -0.1) is 0 Å². The highest BCUT2D eigenvalue weighted by atomic mass is 32.2. The predicted octanol–water partition coefficient (Wildman–Crippen LogP) is 6.43. The van der Waals surface area contributed by atoms with E-state index in [1.165, 1.54) is 11.0 Å². The van der Waals surface area contributed by atoms with Gasteiger partial charge in [0.2, 0.25) is 0 Å². The summed E-state index contributed by atoms with van der Waals surface area (Å²) in [7, 11) is 2.57. The summed E-state index contributed by atoms with van der Waals surface area (Å²) in [6.45, 7) is 1.12. The number of aromatic nitrogens is 1. The second kappa shape index (κ2) is 11.7. The molecule has 3 aromatic rings. The van der Waals surface area contributed by atoms with Crippen molar-refractivity contribution in [3.63, 3.8) is 0 Å². The fourth-order valence-corrected chi connectivity index (χ4v) is 5.57. The van der Waals surface area contributed by atoms with E-state index in [1.54, 1.807) is 42.7 Å². The van der Waals surface area contributed by atoms with Crippen LogP contribution in [0.4, 0.5) is 24.5 Å². The maximum Gasteiger partial charge on any atom is 0.406 e. The molecule has 1 heterocycles. The number of nitrogens with zero attached hydrogens (tertiary/aromatic N) is 2. The molecule has 4 rings (SSSR count). The molecule has 0 saturated heterocycles. The maximum atomic E-state index is 13.5. The fraction of sp³-hybridized carbons (Fsp3) is 0.448. The van der Waals surface area contributed by atoms with Gasteiger partial charge < -0.3 is 19.5 Å². The summed E-state index contributed by atoms with van der Waals surface area (Å²) >= 11 is 0. The molecule has 0 aliphatic heterocycles. The van der Waals surface area contributed by atoms with E-state index in [4.69, 9.17) is 4.74 Å².